The van der Waals surface area contributed by atoms with Gasteiger partial charge in [-0.3, -0.25) is 19.5 Å². The van der Waals surface area contributed by atoms with E-state index in [1.807, 2.05) is 20.8 Å². The first-order valence-corrected chi connectivity index (χ1v) is 7.83. The lowest BCUT2D eigenvalue weighted by Crippen LogP contribution is -2.45. The van der Waals surface area contributed by atoms with Gasteiger partial charge in [0.05, 0.1) is 11.1 Å². The molecule has 0 aromatic heterocycles. The van der Waals surface area contributed by atoms with Gasteiger partial charge < -0.3 is 11.1 Å². The fourth-order valence-electron chi connectivity index (χ4n) is 2.45. The van der Waals surface area contributed by atoms with Crippen LogP contribution in [0.5, 0.6) is 0 Å². The highest BCUT2D eigenvalue weighted by molar-refractivity contribution is 14.0. The van der Waals surface area contributed by atoms with E-state index in [2.05, 4.69) is 10.3 Å². The van der Waals surface area contributed by atoms with Gasteiger partial charge in [-0.2, -0.15) is 0 Å². The molecule has 2 amide bonds. The van der Waals surface area contributed by atoms with Crippen molar-refractivity contribution in [3.63, 3.8) is 0 Å². The molecule has 1 heterocycles. The van der Waals surface area contributed by atoms with Crippen LogP contribution in [-0.4, -0.2) is 41.3 Å². The van der Waals surface area contributed by atoms with Crippen LogP contribution in [0, 0.1) is 0 Å². The van der Waals surface area contributed by atoms with Gasteiger partial charge in [-0.25, -0.2) is 0 Å². The summed E-state index contributed by atoms with van der Waals surface area (Å²) < 4.78 is 0. The highest BCUT2D eigenvalue weighted by Gasteiger charge is 2.34. The predicted octanol–water partition coefficient (Wildman–Crippen LogP) is 2.38. The lowest BCUT2D eigenvalue weighted by molar-refractivity contribution is 0.0652. The van der Waals surface area contributed by atoms with Crippen molar-refractivity contribution < 1.29 is 9.59 Å². The Balaban J connectivity index is 0.00000288. The third-order valence-corrected chi connectivity index (χ3v) is 3.45. The van der Waals surface area contributed by atoms with Crippen molar-refractivity contribution >= 4 is 41.8 Å². The summed E-state index contributed by atoms with van der Waals surface area (Å²) in [5, 5.41) is 3.09. The monoisotopic (exact) mass is 444 g/mol. The minimum atomic E-state index is -0.206. The van der Waals surface area contributed by atoms with E-state index >= 15 is 0 Å². The number of imide groups is 1. The second-order valence-corrected chi connectivity index (χ2v) is 6.66. The fraction of sp³-hybridized carbons (Fsp3) is 0.471. The van der Waals surface area contributed by atoms with Crippen LogP contribution in [0.1, 0.15) is 54.3 Å². The third kappa shape index (κ3) is 5.19. The van der Waals surface area contributed by atoms with Crippen LogP contribution in [-0.2, 0) is 0 Å². The van der Waals surface area contributed by atoms with E-state index in [4.69, 9.17) is 5.73 Å². The highest BCUT2D eigenvalue weighted by Crippen LogP contribution is 2.22. The minimum Gasteiger partial charge on any atom is -0.370 e. The largest absolute Gasteiger partial charge is 0.370 e. The average molecular weight is 444 g/mol. The van der Waals surface area contributed by atoms with E-state index in [0.29, 0.717) is 36.6 Å². The number of amides is 2. The molecule has 0 bridgehead atoms. The first-order chi connectivity index (χ1) is 10.8. The number of fused-ring (bicyclic) bond motifs is 1. The summed E-state index contributed by atoms with van der Waals surface area (Å²) in [5.41, 5.74) is 6.66. The molecule has 0 saturated heterocycles. The Kier molecular flexibility index (Phi) is 7.19. The molecule has 2 rings (SSSR count). The van der Waals surface area contributed by atoms with Crippen molar-refractivity contribution in [1.82, 2.24) is 10.2 Å². The van der Waals surface area contributed by atoms with Gasteiger partial charge in [0.2, 0.25) is 0 Å². The van der Waals surface area contributed by atoms with Crippen molar-refractivity contribution in [3.8, 4) is 0 Å². The van der Waals surface area contributed by atoms with Gasteiger partial charge in [-0.05, 0) is 45.7 Å². The Labute approximate surface area is 159 Å². The summed E-state index contributed by atoms with van der Waals surface area (Å²) in [6.45, 7) is 7.01. The van der Waals surface area contributed by atoms with Gasteiger partial charge >= 0.3 is 0 Å². The Bertz CT molecular complexity index is 603. The first kappa shape index (κ1) is 20.4. The van der Waals surface area contributed by atoms with Gasteiger partial charge in [0.1, 0.15) is 0 Å². The summed E-state index contributed by atoms with van der Waals surface area (Å²) in [7, 11) is 0. The molecule has 0 spiro atoms. The van der Waals surface area contributed by atoms with E-state index in [0.717, 1.165) is 6.42 Å². The number of nitrogens with one attached hydrogen (secondary N) is 1. The number of carbonyl (C=O) groups is 2. The lowest BCUT2D eigenvalue weighted by atomic mass is 10.1. The van der Waals surface area contributed by atoms with Crippen LogP contribution in [0.4, 0.5) is 0 Å². The molecule has 1 aliphatic heterocycles. The average Bonchev–Trinajstić information content (AvgIpc) is 2.70. The van der Waals surface area contributed by atoms with E-state index < -0.39 is 0 Å². The standard InChI is InChI=1S/C17H24N4O2.HI/c1-17(2,3)20-16(18)19-10-6-7-11-21-14(22)12-8-4-5-9-13(12)15(21)23;/h4-5,8-9H,6-7,10-11H2,1-3H3,(H3,18,19,20);1H. The van der Waals surface area contributed by atoms with Gasteiger partial charge in [-0.15, -0.1) is 24.0 Å². The smallest absolute Gasteiger partial charge is 0.261 e. The molecule has 1 aliphatic rings. The van der Waals surface area contributed by atoms with E-state index in [1.54, 1.807) is 24.3 Å². The third-order valence-electron chi connectivity index (χ3n) is 3.45. The van der Waals surface area contributed by atoms with Crippen LogP contribution >= 0.6 is 24.0 Å². The number of halogens is 1. The van der Waals surface area contributed by atoms with Crippen LogP contribution < -0.4 is 11.1 Å². The number of nitrogens with two attached hydrogens (primary N) is 1. The maximum Gasteiger partial charge on any atom is 0.261 e. The Morgan fingerprint density at radius 3 is 2.17 bits per heavy atom. The van der Waals surface area contributed by atoms with Crippen LogP contribution in [0.15, 0.2) is 29.3 Å². The molecule has 0 fully saturated rings. The number of carbonyl (C=O) groups excluding carboxylic acids is 2. The molecule has 7 heteroatoms. The molecule has 0 aliphatic carbocycles. The van der Waals surface area contributed by atoms with E-state index in [1.165, 1.54) is 4.90 Å². The summed E-state index contributed by atoms with van der Waals surface area (Å²) >= 11 is 0. The van der Waals surface area contributed by atoms with Crippen LogP contribution in [0.25, 0.3) is 0 Å². The normalized spacial score (nSPS) is 14.5. The van der Waals surface area contributed by atoms with Gasteiger partial charge in [0, 0.05) is 18.6 Å². The number of benzene rings is 1. The van der Waals surface area contributed by atoms with Gasteiger partial charge in [0.25, 0.3) is 11.8 Å². The number of hydrogen-bond donors (Lipinski definition) is 2. The summed E-state index contributed by atoms with van der Waals surface area (Å²) in [4.78, 5) is 29.9. The number of hydrogen-bond acceptors (Lipinski definition) is 3. The highest BCUT2D eigenvalue weighted by atomic mass is 127. The van der Waals surface area contributed by atoms with E-state index in [9.17, 15) is 9.59 Å². The molecule has 3 N–H and O–H groups in total. The Hall–Kier alpha value is -1.64. The van der Waals surface area contributed by atoms with Gasteiger partial charge in [-0.1, -0.05) is 12.1 Å². The molecule has 1 aromatic carbocycles. The Morgan fingerprint density at radius 1 is 1.12 bits per heavy atom. The zero-order valence-corrected chi connectivity index (χ0v) is 16.7. The topological polar surface area (TPSA) is 87.8 Å². The molecule has 24 heavy (non-hydrogen) atoms. The van der Waals surface area contributed by atoms with Crippen molar-refractivity contribution in [2.45, 2.75) is 39.2 Å². The van der Waals surface area contributed by atoms with Crippen molar-refractivity contribution in [2.75, 3.05) is 13.1 Å². The summed E-state index contributed by atoms with van der Waals surface area (Å²) in [5.74, 6) is 0.00394. The first-order valence-electron chi connectivity index (χ1n) is 7.83. The van der Waals surface area contributed by atoms with Crippen LogP contribution in [0.2, 0.25) is 0 Å². The maximum atomic E-state index is 12.2. The van der Waals surface area contributed by atoms with Crippen molar-refractivity contribution in [2.24, 2.45) is 10.7 Å². The number of aliphatic imine (C=N–C) groups is 1. The molecular weight excluding hydrogens is 419 g/mol. The molecule has 0 atom stereocenters. The zero-order valence-electron chi connectivity index (χ0n) is 14.3. The second kappa shape index (κ2) is 8.46. The zero-order chi connectivity index (χ0) is 17.0. The molecule has 0 radical (unpaired) electrons. The minimum absolute atomic E-state index is 0. The molecule has 0 saturated carbocycles. The SMILES string of the molecule is CC(C)(C)NC(N)=NCCCCN1C(=O)c2ccccc2C1=O.I. The number of rotatable bonds is 5. The quantitative estimate of drug-likeness (QED) is 0.240. The number of unbranched alkanes of at least 4 members (excludes halogenated alkanes) is 1. The maximum absolute atomic E-state index is 12.2. The molecule has 1 aromatic rings. The van der Waals surface area contributed by atoms with Crippen molar-refractivity contribution in [1.29, 1.82) is 0 Å². The van der Waals surface area contributed by atoms with Gasteiger partial charge in [0.15, 0.2) is 5.96 Å². The molecular formula is C17H25IN4O2. The molecule has 132 valence electrons. The molecule has 0 unspecified atom stereocenters. The van der Waals surface area contributed by atoms with Crippen molar-refractivity contribution in [3.05, 3.63) is 35.4 Å². The molecule has 6 nitrogen and oxygen atoms in total. The van der Waals surface area contributed by atoms with Crippen LogP contribution in [0.3, 0.4) is 0 Å². The Morgan fingerprint density at radius 2 is 1.67 bits per heavy atom. The predicted molar refractivity (Wildman–Crippen MR) is 106 cm³/mol. The second-order valence-electron chi connectivity index (χ2n) is 6.66. The summed E-state index contributed by atoms with van der Waals surface area (Å²) in [6.07, 6.45) is 1.47. The number of guanidine groups is 1. The summed E-state index contributed by atoms with van der Waals surface area (Å²) in [6, 6.07) is 6.93. The van der Waals surface area contributed by atoms with E-state index in [-0.39, 0.29) is 41.3 Å². The fourth-order valence-corrected chi connectivity index (χ4v) is 2.45. The lowest BCUT2D eigenvalue weighted by Gasteiger charge is -2.21. The number of nitrogens with zero attached hydrogens (tertiary/aromatic N) is 2.